The molecule has 0 saturated carbocycles. The van der Waals surface area contributed by atoms with Gasteiger partial charge in [-0.05, 0) is 38.0 Å². The molecule has 2 aromatic rings. The van der Waals surface area contributed by atoms with Crippen LogP contribution < -0.4 is 4.74 Å². The third kappa shape index (κ3) is 2.94. The van der Waals surface area contributed by atoms with Gasteiger partial charge >= 0.3 is 5.97 Å². The van der Waals surface area contributed by atoms with Gasteiger partial charge in [0, 0.05) is 12.1 Å². The Labute approximate surface area is 152 Å². The lowest BCUT2D eigenvalue weighted by molar-refractivity contribution is -0.140. The highest BCUT2D eigenvalue weighted by atomic mass is 16.6. The molecule has 1 unspecified atom stereocenters. The van der Waals surface area contributed by atoms with Gasteiger partial charge in [-0.25, -0.2) is 4.79 Å². The first-order valence-corrected chi connectivity index (χ1v) is 8.87. The molecular weight excluding hydrogens is 330 g/mol. The molecule has 26 heavy (non-hydrogen) atoms. The zero-order valence-electron chi connectivity index (χ0n) is 14.7. The summed E-state index contributed by atoms with van der Waals surface area (Å²) in [6, 6.07) is 15.1. The van der Waals surface area contributed by atoms with E-state index in [0.29, 0.717) is 24.4 Å². The van der Waals surface area contributed by atoms with Crippen LogP contribution in [-0.2, 0) is 15.1 Å². The second kappa shape index (κ2) is 6.48. The summed E-state index contributed by atoms with van der Waals surface area (Å²) in [6.45, 7) is 3.01. The van der Waals surface area contributed by atoms with Crippen molar-refractivity contribution in [2.75, 3.05) is 19.7 Å². The number of rotatable bonds is 3. The fraction of sp³-hybridized carbons (Fsp3) is 0.333. The van der Waals surface area contributed by atoms with Crippen LogP contribution in [0.1, 0.15) is 34.3 Å². The van der Waals surface area contributed by atoms with E-state index in [1.165, 1.54) is 0 Å². The third-order valence-electron chi connectivity index (χ3n) is 5.12. The van der Waals surface area contributed by atoms with Gasteiger partial charge in [0.05, 0.1) is 12.1 Å². The number of ether oxygens (including phenoxy) is 2. The van der Waals surface area contributed by atoms with Gasteiger partial charge < -0.3 is 14.4 Å². The van der Waals surface area contributed by atoms with Crippen molar-refractivity contribution in [1.82, 2.24) is 4.90 Å². The Morgan fingerprint density at radius 3 is 2.77 bits per heavy atom. The Bertz CT molecular complexity index is 845. The molecular formula is C21H21NO4. The maximum Gasteiger partial charge on any atom is 0.339 e. The van der Waals surface area contributed by atoms with Gasteiger partial charge in [-0.1, -0.05) is 35.9 Å². The fourth-order valence-electron chi connectivity index (χ4n) is 3.75. The lowest BCUT2D eigenvalue weighted by Gasteiger charge is -2.39. The van der Waals surface area contributed by atoms with E-state index in [1.54, 1.807) is 11.0 Å². The zero-order chi connectivity index (χ0) is 18.1. The van der Waals surface area contributed by atoms with E-state index < -0.39 is 5.60 Å². The summed E-state index contributed by atoms with van der Waals surface area (Å²) in [5, 5.41) is 0. The molecule has 4 rings (SSSR count). The maximum atomic E-state index is 12.6. The van der Waals surface area contributed by atoms with E-state index >= 15 is 0 Å². The minimum absolute atomic E-state index is 0.0191. The summed E-state index contributed by atoms with van der Waals surface area (Å²) in [7, 11) is 0. The van der Waals surface area contributed by atoms with Crippen molar-refractivity contribution in [3.63, 3.8) is 0 Å². The summed E-state index contributed by atoms with van der Waals surface area (Å²) in [6.07, 6.45) is 1.52. The number of carbonyl (C=O) groups excluding carboxylic acids is 2. The Morgan fingerprint density at radius 2 is 1.96 bits per heavy atom. The van der Waals surface area contributed by atoms with E-state index in [4.69, 9.17) is 9.47 Å². The van der Waals surface area contributed by atoms with Crippen molar-refractivity contribution in [3.8, 4) is 5.75 Å². The van der Waals surface area contributed by atoms with Crippen molar-refractivity contribution in [2.24, 2.45) is 0 Å². The molecule has 5 nitrogen and oxygen atoms in total. The van der Waals surface area contributed by atoms with Crippen LogP contribution >= 0.6 is 0 Å². The van der Waals surface area contributed by atoms with Gasteiger partial charge in [-0.15, -0.1) is 0 Å². The minimum atomic E-state index is -0.717. The normalized spacial score (nSPS) is 21.4. The Hall–Kier alpha value is -2.82. The molecule has 0 N–H and O–H groups in total. The van der Waals surface area contributed by atoms with Crippen LogP contribution in [0.15, 0.2) is 48.5 Å². The average Bonchev–Trinajstić information content (AvgIpc) is 2.93. The first-order chi connectivity index (χ1) is 12.6. The van der Waals surface area contributed by atoms with E-state index in [9.17, 15) is 9.59 Å². The highest BCUT2D eigenvalue weighted by molar-refractivity contribution is 5.95. The van der Waals surface area contributed by atoms with Crippen molar-refractivity contribution in [3.05, 3.63) is 65.2 Å². The average molecular weight is 351 g/mol. The van der Waals surface area contributed by atoms with E-state index in [1.807, 2.05) is 49.4 Å². The largest absolute Gasteiger partial charge is 0.484 e. The Morgan fingerprint density at radius 1 is 1.19 bits per heavy atom. The van der Waals surface area contributed by atoms with Crippen molar-refractivity contribution >= 4 is 11.9 Å². The predicted molar refractivity (Wildman–Crippen MR) is 96.0 cm³/mol. The number of esters is 1. The molecule has 2 aromatic carbocycles. The van der Waals surface area contributed by atoms with Crippen LogP contribution in [0.4, 0.5) is 0 Å². The summed E-state index contributed by atoms with van der Waals surface area (Å²) in [5.74, 6) is 0.282. The van der Waals surface area contributed by atoms with Crippen LogP contribution in [0.5, 0.6) is 5.75 Å². The first kappa shape index (κ1) is 16.6. The van der Waals surface area contributed by atoms with Gasteiger partial charge in [-0.3, -0.25) is 4.79 Å². The molecule has 2 heterocycles. The lowest BCUT2D eigenvalue weighted by atomic mass is 9.85. The number of carbonyl (C=O) groups is 2. The topological polar surface area (TPSA) is 55.8 Å². The summed E-state index contributed by atoms with van der Waals surface area (Å²) < 4.78 is 11.4. The third-order valence-corrected chi connectivity index (χ3v) is 5.12. The molecule has 2 aliphatic rings. The Balaban J connectivity index is 1.46. The lowest BCUT2D eigenvalue weighted by Crippen LogP contribution is -2.50. The molecule has 0 aromatic heterocycles. The number of fused-ring (bicyclic) bond motifs is 2. The number of hydrogen-bond donors (Lipinski definition) is 0. The van der Waals surface area contributed by atoms with Gasteiger partial charge in [0.25, 0.3) is 5.91 Å². The van der Waals surface area contributed by atoms with Crippen LogP contribution in [0.3, 0.4) is 0 Å². The maximum absolute atomic E-state index is 12.6. The summed E-state index contributed by atoms with van der Waals surface area (Å²) >= 11 is 0. The number of hydrogen-bond acceptors (Lipinski definition) is 4. The minimum Gasteiger partial charge on any atom is -0.484 e. The number of benzene rings is 2. The second-order valence-corrected chi connectivity index (χ2v) is 6.95. The molecule has 0 aliphatic carbocycles. The summed E-state index contributed by atoms with van der Waals surface area (Å²) in [4.78, 5) is 26.6. The molecule has 0 radical (unpaired) electrons. The monoisotopic (exact) mass is 351 g/mol. The van der Waals surface area contributed by atoms with Gasteiger partial charge in [0.2, 0.25) is 0 Å². The van der Waals surface area contributed by atoms with Crippen molar-refractivity contribution in [2.45, 2.75) is 25.4 Å². The summed E-state index contributed by atoms with van der Waals surface area (Å²) in [5.41, 5.74) is 1.92. The van der Waals surface area contributed by atoms with Crippen LogP contribution in [0.2, 0.25) is 0 Å². The standard InChI is InChI=1S/C21H21NO4/c1-15-7-9-16(10-8-15)25-13-19(23)22-12-4-11-21(14-22)18-6-3-2-5-17(18)20(24)26-21/h2-3,5-10H,4,11-14H2,1H3. The highest BCUT2D eigenvalue weighted by Crippen LogP contribution is 2.42. The van der Waals surface area contributed by atoms with Gasteiger partial charge in [0.1, 0.15) is 5.75 Å². The number of aryl methyl sites for hydroxylation is 1. The number of amides is 1. The molecule has 1 saturated heterocycles. The number of likely N-dealkylation sites (tertiary alicyclic amines) is 1. The highest BCUT2D eigenvalue weighted by Gasteiger charge is 2.48. The SMILES string of the molecule is Cc1ccc(OCC(=O)N2CCCC3(C2)OC(=O)c2ccccc23)cc1. The predicted octanol–water partition coefficient (Wildman–Crippen LogP) is 3.06. The van der Waals surface area contributed by atoms with Crippen LogP contribution in [-0.4, -0.2) is 36.5 Å². The quantitative estimate of drug-likeness (QED) is 0.798. The molecule has 5 heteroatoms. The number of piperidine rings is 1. The van der Waals surface area contributed by atoms with E-state index in [0.717, 1.165) is 24.0 Å². The number of nitrogens with zero attached hydrogens (tertiary/aromatic N) is 1. The van der Waals surface area contributed by atoms with Gasteiger partial charge in [-0.2, -0.15) is 0 Å². The molecule has 1 atom stereocenters. The van der Waals surface area contributed by atoms with Crippen LogP contribution in [0, 0.1) is 6.92 Å². The fourth-order valence-corrected chi connectivity index (χ4v) is 3.75. The van der Waals surface area contributed by atoms with E-state index in [-0.39, 0.29) is 18.5 Å². The smallest absolute Gasteiger partial charge is 0.339 e. The van der Waals surface area contributed by atoms with Gasteiger partial charge in [0.15, 0.2) is 12.2 Å². The molecule has 134 valence electrons. The molecule has 1 amide bonds. The zero-order valence-corrected chi connectivity index (χ0v) is 14.7. The molecule has 2 aliphatic heterocycles. The first-order valence-electron chi connectivity index (χ1n) is 8.87. The van der Waals surface area contributed by atoms with Crippen molar-refractivity contribution in [1.29, 1.82) is 0 Å². The van der Waals surface area contributed by atoms with Crippen molar-refractivity contribution < 1.29 is 19.1 Å². The second-order valence-electron chi connectivity index (χ2n) is 6.95. The molecule has 1 fully saturated rings. The Kier molecular flexibility index (Phi) is 4.15. The molecule has 1 spiro atoms. The van der Waals surface area contributed by atoms with Crippen LogP contribution in [0.25, 0.3) is 0 Å². The van der Waals surface area contributed by atoms with E-state index in [2.05, 4.69) is 0 Å². The molecule has 0 bridgehead atoms.